The highest BCUT2D eigenvalue weighted by molar-refractivity contribution is 5.38. The minimum Gasteiger partial charge on any atom is -0.393 e. The number of rotatable bonds is 5. The van der Waals surface area contributed by atoms with E-state index in [4.69, 9.17) is 0 Å². The Hall–Kier alpha value is -1.16. The van der Waals surface area contributed by atoms with Crippen LogP contribution in [0.2, 0.25) is 0 Å². The summed E-state index contributed by atoms with van der Waals surface area (Å²) in [6, 6.07) is 0. The lowest BCUT2D eigenvalue weighted by atomic mass is 9.61. The summed E-state index contributed by atoms with van der Waals surface area (Å²) in [5.74, 6) is 2.28. The van der Waals surface area contributed by atoms with Crippen LogP contribution in [0, 0.1) is 29.1 Å². The zero-order chi connectivity index (χ0) is 21.5. The van der Waals surface area contributed by atoms with Crippen molar-refractivity contribution < 1.29 is 15.3 Å². The highest BCUT2D eigenvalue weighted by Gasteiger charge is 2.50. The first kappa shape index (κ1) is 22.0. The van der Waals surface area contributed by atoms with Crippen molar-refractivity contribution in [2.75, 3.05) is 0 Å². The van der Waals surface area contributed by atoms with Gasteiger partial charge in [0.15, 0.2) is 0 Å². The number of fused-ring (bicyclic) bond motifs is 1. The summed E-state index contributed by atoms with van der Waals surface area (Å²) in [4.78, 5) is 0. The third kappa shape index (κ3) is 4.40. The van der Waals surface area contributed by atoms with Gasteiger partial charge in [-0.15, -0.1) is 0 Å². The van der Waals surface area contributed by atoms with E-state index in [2.05, 4.69) is 44.7 Å². The van der Waals surface area contributed by atoms with E-state index in [9.17, 15) is 15.3 Å². The number of allylic oxidation sites excluding steroid dienone is 4. The molecule has 3 nitrogen and oxygen atoms in total. The van der Waals surface area contributed by atoms with Gasteiger partial charge in [-0.25, -0.2) is 0 Å². The highest BCUT2D eigenvalue weighted by atomic mass is 16.3. The van der Waals surface area contributed by atoms with E-state index in [1.54, 1.807) is 0 Å². The Morgan fingerprint density at radius 1 is 1.10 bits per heavy atom. The van der Waals surface area contributed by atoms with Crippen LogP contribution in [0.1, 0.15) is 71.6 Å². The maximum Gasteiger partial charge on any atom is 0.0811 e. The number of aliphatic hydroxyl groups excluding tert-OH is 3. The molecule has 166 valence electrons. The van der Waals surface area contributed by atoms with Crippen molar-refractivity contribution in [3.05, 3.63) is 47.6 Å². The highest BCUT2D eigenvalue weighted by Crippen LogP contribution is 2.59. The Labute approximate surface area is 182 Å². The molecule has 4 aliphatic rings. The van der Waals surface area contributed by atoms with Gasteiger partial charge in [-0.05, 0) is 91.6 Å². The maximum absolute atomic E-state index is 10.2. The minimum absolute atomic E-state index is 0.250. The summed E-state index contributed by atoms with van der Waals surface area (Å²) in [6.45, 7) is 8.88. The normalized spacial score (nSPS) is 42.1. The molecule has 4 rings (SSSR count). The average molecular weight is 413 g/mol. The van der Waals surface area contributed by atoms with E-state index < -0.39 is 12.2 Å². The predicted molar refractivity (Wildman–Crippen MR) is 122 cm³/mol. The zero-order valence-electron chi connectivity index (χ0n) is 18.8. The molecule has 0 amide bonds. The second kappa shape index (κ2) is 8.76. The maximum atomic E-state index is 10.2. The van der Waals surface area contributed by atoms with Gasteiger partial charge in [0.2, 0.25) is 0 Å². The van der Waals surface area contributed by atoms with Crippen LogP contribution in [0.15, 0.2) is 47.6 Å². The second-order valence-corrected chi connectivity index (χ2v) is 10.7. The standard InChI is InChI=1S/C27H40O3/c1-17(6-13-25(29)20-8-9-20)23-11-12-24-19(5-4-14-27(23,24)3)7-10-21-15-22(28)16-26(30)18(21)2/h6-7,10,13,17,20,22-26,28-30H,2,4-5,8-9,11-12,14-16H2,1,3H3/b13-6+,19-7+,21-10-/t17-,22-,23-,24?,25+,26+,27-/m1/s1. The molecular weight excluding hydrogens is 372 g/mol. The Bertz CT molecular complexity index is 743. The molecule has 3 N–H and O–H groups in total. The van der Waals surface area contributed by atoms with Crippen molar-refractivity contribution >= 4 is 0 Å². The fourth-order valence-corrected chi connectivity index (χ4v) is 6.63. The Morgan fingerprint density at radius 2 is 1.87 bits per heavy atom. The minimum atomic E-state index is -0.621. The van der Waals surface area contributed by atoms with Crippen LogP contribution in [0.4, 0.5) is 0 Å². The first-order chi connectivity index (χ1) is 14.3. The topological polar surface area (TPSA) is 60.7 Å². The molecule has 0 aromatic rings. The third-order valence-electron chi connectivity index (χ3n) is 8.65. The van der Waals surface area contributed by atoms with Gasteiger partial charge in [-0.3, -0.25) is 0 Å². The van der Waals surface area contributed by atoms with Crippen LogP contribution in [0.3, 0.4) is 0 Å². The molecule has 7 atom stereocenters. The van der Waals surface area contributed by atoms with E-state index >= 15 is 0 Å². The van der Waals surface area contributed by atoms with Crippen molar-refractivity contribution in [2.45, 2.75) is 89.9 Å². The fraction of sp³-hybridized carbons (Fsp3) is 0.704. The van der Waals surface area contributed by atoms with E-state index in [1.807, 2.05) is 0 Å². The van der Waals surface area contributed by atoms with Crippen LogP contribution in [0.5, 0.6) is 0 Å². The molecule has 4 fully saturated rings. The van der Waals surface area contributed by atoms with Gasteiger partial charge in [0.1, 0.15) is 0 Å². The zero-order valence-corrected chi connectivity index (χ0v) is 18.8. The Balaban J connectivity index is 1.48. The van der Waals surface area contributed by atoms with Crippen LogP contribution < -0.4 is 0 Å². The SMILES string of the molecule is C=C1/C(=C\C=C2/CCC[C@@]3(C)C2CC[C@@H]3[C@H](C)/C=C/[C@H](O)C2CC2)C[C@@H](O)C[C@@H]1O. The summed E-state index contributed by atoms with van der Waals surface area (Å²) < 4.78 is 0. The molecule has 0 aromatic heterocycles. The third-order valence-corrected chi connectivity index (χ3v) is 8.65. The lowest BCUT2D eigenvalue weighted by Gasteiger charge is -2.44. The van der Waals surface area contributed by atoms with Crippen LogP contribution in [-0.2, 0) is 0 Å². The Morgan fingerprint density at radius 3 is 2.60 bits per heavy atom. The van der Waals surface area contributed by atoms with Gasteiger partial charge >= 0.3 is 0 Å². The summed E-state index contributed by atoms with van der Waals surface area (Å²) in [7, 11) is 0. The first-order valence-electron chi connectivity index (χ1n) is 12.1. The Kier molecular flexibility index (Phi) is 6.44. The molecule has 0 spiro atoms. The smallest absolute Gasteiger partial charge is 0.0811 e. The summed E-state index contributed by atoms with van der Waals surface area (Å²) in [5, 5.41) is 30.4. The summed E-state index contributed by atoms with van der Waals surface area (Å²) in [5.41, 5.74) is 3.63. The molecule has 4 saturated carbocycles. The molecule has 0 aromatic carbocycles. The number of hydrogen-bond donors (Lipinski definition) is 3. The predicted octanol–water partition coefficient (Wildman–Crippen LogP) is 5.09. The van der Waals surface area contributed by atoms with Gasteiger partial charge < -0.3 is 15.3 Å². The van der Waals surface area contributed by atoms with Gasteiger partial charge in [-0.1, -0.05) is 50.3 Å². The van der Waals surface area contributed by atoms with Gasteiger partial charge in [-0.2, -0.15) is 0 Å². The van der Waals surface area contributed by atoms with E-state index in [1.165, 1.54) is 44.1 Å². The monoisotopic (exact) mass is 412 g/mol. The lowest BCUT2D eigenvalue weighted by Crippen LogP contribution is -2.35. The van der Waals surface area contributed by atoms with Crippen LogP contribution in [-0.4, -0.2) is 33.6 Å². The van der Waals surface area contributed by atoms with Crippen LogP contribution >= 0.6 is 0 Å². The fourth-order valence-electron chi connectivity index (χ4n) is 6.63. The molecule has 0 aliphatic heterocycles. The molecule has 30 heavy (non-hydrogen) atoms. The second-order valence-electron chi connectivity index (χ2n) is 10.7. The van der Waals surface area contributed by atoms with Gasteiger partial charge in [0.25, 0.3) is 0 Å². The molecule has 0 heterocycles. The van der Waals surface area contributed by atoms with Gasteiger partial charge in [0.05, 0.1) is 18.3 Å². The molecule has 4 aliphatic carbocycles. The van der Waals surface area contributed by atoms with E-state index in [-0.39, 0.29) is 6.10 Å². The number of aliphatic hydroxyl groups is 3. The molecule has 0 saturated heterocycles. The molecule has 3 heteroatoms. The molecule has 0 bridgehead atoms. The first-order valence-corrected chi connectivity index (χ1v) is 12.1. The van der Waals surface area contributed by atoms with Gasteiger partial charge in [0, 0.05) is 6.42 Å². The molecule has 0 radical (unpaired) electrons. The number of hydrogen-bond acceptors (Lipinski definition) is 3. The van der Waals surface area contributed by atoms with Crippen molar-refractivity contribution in [1.29, 1.82) is 0 Å². The lowest BCUT2D eigenvalue weighted by molar-refractivity contribution is 0.0862. The molecule has 1 unspecified atom stereocenters. The van der Waals surface area contributed by atoms with Crippen LogP contribution in [0.25, 0.3) is 0 Å². The molecular formula is C27H40O3. The average Bonchev–Trinajstić information content (AvgIpc) is 3.49. The largest absolute Gasteiger partial charge is 0.393 e. The summed E-state index contributed by atoms with van der Waals surface area (Å²) >= 11 is 0. The summed E-state index contributed by atoms with van der Waals surface area (Å²) in [6.07, 6.45) is 16.9. The van der Waals surface area contributed by atoms with Crippen molar-refractivity contribution in [1.82, 2.24) is 0 Å². The van der Waals surface area contributed by atoms with Crippen molar-refractivity contribution in [3.8, 4) is 0 Å². The quantitative estimate of drug-likeness (QED) is 0.551. The van der Waals surface area contributed by atoms with E-state index in [0.29, 0.717) is 41.9 Å². The van der Waals surface area contributed by atoms with Crippen molar-refractivity contribution in [2.24, 2.45) is 29.1 Å². The van der Waals surface area contributed by atoms with E-state index in [0.717, 1.165) is 17.6 Å². The van der Waals surface area contributed by atoms with Crippen molar-refractivity contribution in [3.63, 3.8) is 0 Å².